The fraction of sp³-hybridized carbons (Fsp3) is 0.0625. The molecule has 0 bridgehead atoms. The molecule has 0 saturated carbocycles. The summed E-state index contributed by atoms with van der Waals surface area (Å²) >= 11 is 0. The molecule has 0 radical (unpaired) electrons. The zero-order valence-electron chi connectivity index (χ0n) is 10.1. The molecule has 86 valence electrons. The van der Waals surface area contributed by atoms with E-state index in [1.807, 2.05) is 54.2 Å². The lowest BCUT2D eigenvalue weighted by atomic mass is 10.2. The Morgan fingerprint density at radius 2 is 1.83 bits per heavy atom. The van der Waals surface area contributed by atoms with Crippen LogP contribution in [0.15, 0.2) is 54.9 Å². The van der Waals surface area contributed by atoms with Gasteiger partial charge in [-0.05, 0) is 24.3 Å². The Morgan fingerprint density at radius 3 is 2.67 bits per heavy atom. The number of benzene rings is 1. The molecule has 2 heteroatoms. The first-order chi connectivity index (χ1) is 8.84. The van der Waals surface area contributed by atoms with Gasteiger partial charge in [-0.2, -0.15) is 0 Å². The van der Waals surface area contributed by atoms with Crippen molar-refractivity contribution in [2.45, 2.75) is 0 Å². The minimum absolute atomic E-state index is 0.967. The summed E-state index contributed by atoms with van der Waals surface area (Å²) in [6.45, 7) is 0. The normalized spacial score (nSPS) is 10.1. The largest absolute Gasteiger partial charge is 0.334 e. The highest BCUT2D eigenvalue weighted by Gasteiger charge is 2.03. The Balaban J connectivity index is 2.09. The zero-order valence-corrected chi connectivity index (χ0v) is 10.1. The van der Waals surface area contributed by atoms with E-state index in [0.29, 0.717) is 0 Å². The fourth-order valence-corrected chi connectivity index (χ4v) is 1.97. The van der Waals surface area contributed by atoms with Gasteiger partial charge in [-0.3, -0.25) is 0 Å². The molecule has 0 aliphatic heterocycles. The molecule has 2 aromatic heterocycles. The third-order valence-electron chi connectivity index (χ3n) is 2.85. The van der Waals surface area contributed by atoms with Gasteiger partial charge in [0.05, 0.1) is 5.56 Å². The summed E-state index contributed by atoms with van der Waals surface area (Å²) in [5.74, 6) is 6.39. The van der Waals surface area contributed by atoms with Crippen molar-refractivity contribution < 1.29 is 0 Å². The van der Waals surface area contributed by atoms with Crippen molar-refractivity contribution in [2.24, 2.45) is 7.05 Å². The summed E-state index contributed by atoms with van der Waals surface area (Å²) in [6.07, 6.45) is 3.82. The van der Waals surface area contributed by atoms with E-state index < -0.39 is 0 Å². The van der Waals surface area contributed by atoms with Crippen LogP contribution in [0.25, 0.3) is 11.0 Å². The SMILES string of the molecule is Cn1cc(C#Cc2ccccc2)c2cccnc21. The molecule has 3 rings (SSSR count). The molecule has 2 nitrogen and oxygen atoms in total. The summed E-state index contributed by atoms with van der Waals surface area (Å²) in [7, 11) is 1.99. The van der Waals surface area contributed by atoms with Crippen LogP contribution in [0.1, 0.15) is 11.1 Å². The Kier molecular flexibility index (Phi) is 2.59. The lowest BCUT2D eigenvalue weighted by Gasteiger charge is -1.91. The molecular weight excluding hydrogens is 220 g/mol. The number of hydrogen-bond donors (Lipinski definition) is 0. The molecule has 0 spiro atoms. The predicted molar refractivity (Wildman–Crippen MR) is 73.1 cm³/mol. The topological polar surface area (TPSA) is 17.8 Å². The van der Waals surface area contributed by atoms with E-state index in [0.717, 1.165) is 22.2 Å². The summed E-state index contributed by atoms with van der Waals surface area (Å²) in [5, 5.41) is 1.10. The smallest absolute Gasteiger partial charge is 0.140 e. The van der Waals surface area contributed by atoms with Crippen molar-refractivity contribution in [2.75, 3.05) is 0 Å². The monoisotopic (exact) mass is 232 g/mol. The first-order valence-electron chi connectivity index (χ1n) is 5.82. The van der Waals surface area contributed by atoms with E-state index in [1.165, 1.54) is 0 Å². The van der Waals surface area contributed by atoms with Crippen molar-refractivity contribution in [1.82, 2.24) is 9.55 Å². The number of rotatable bonds is 0. The average molecular weight is 232 g/mol. The number of fused-ring (bicyclic) bond motifs is 1. The Bertz CT molecular complexity index is 743. The highest BCUT2D eigenvalue weighted by atomic mass is 15.0. The standard InChI is InChI=1S/C16H12N2/c1-18-12-14(15-8-5-11-17-16(15)18)10-9-13-6-3-2-4-7-13/h2-8,11-12H,1H3. The minimum Gasteiger partial charge on any atom is -0.334 e. The minimum atomic E-state index is 0.967. The number of hydrogen-bond acceptors (Lipinski definition) is 1. The molecule has 2 heterocycles. The van der Waals surface area contributed by atoms with Crippen LogP contribution < -0.4 is 0 Å². The molecule has 0 atom stereocenters. The molecule has 18 heavy (non-hydrogen) atoms. The van der Waals surface area contributed by atoms with Gasteiger partial charge in [-0.25, -0.2) is 4.98 Å². The van der Waals surface area contributed by atoms with Crippen LogP contribution in [0.2, 0.25) is 0 Å². The fourth-order valence-electron chi connectivity index (χ4n) is 1.97. The predicted octanol–water partition coefficient (Wildman–Crippen LogP) is 2.97. The lowest BCUT2D eigenvalue weighted by Crippen LogP contribution is -1.85. The van der Waals surface area contributed by atoms with Gasteiger partial charge in [-0.1, -0.05) is 30.0 Å². The van der Waals surface area contributed by atoms with Crippen LogP contribution in [0.3, 0.4) is 0 Å². The maximum atomic E-state index is 4.35. The van der Waals surface area contributed by atoms with Gasteiger partial charge in [0.25, 0.3) is 0 Å². The highest BCUT2D eigenvalue weighted by Crippen LogP contribution is 2.17. The molecule has 0 saturated heterocycles. The van der Waals surface area contributed by atoms with Gasteiger partial charge in [0.1, 0.15) is 5.65 Å². The van der Waals surface area contributed by atoms with Gasteiger partial charge in [0, 0.05) is 30.4 Å². The van der Waals surface area contributed by atoms with E-state index in [1.54, 1.807) is 6.20 Å². The lowest BCUT2D eigenvalue weighted by molar-refractivity contribution is 0.947. The van der Waals surface area contributed by atoms with Crippen molar-refractivity contribution in [3.05, 3.63) is 66.0 Å². The van der Waals surface area contributed by atoms with Gasteiger partial charge >= 0.3 is 0 Å². The summed E-state index contributed by atoms with van der Waals surface area (Å²) in [4.78, 5) is 4.35. The molecule has 3 aromatic rings. The van der Waals surface area contributed by atoms with Crippen molar-refractivity contribution in [3.63, 3.8) is 0 Å². The summed E-state index contributed by atoms with van der Waals surface area (Å²) < 4.78 is 2.00. The van der Waals surface area contributed by atoms with Crippen LogP contribution in [-0.2, 0) is 7.05 Å². The average Bonchev–Trinajstić information content (AvgIpc) is 2.75. The van der Waals surface area contributed by atoms with E-state index in [9.17, 15) is 0 Å². The van der Waals surface area contributed by atoms with Gasteiger partial charge < -0.3 is 4.57 Å². The molecule has 0 aliphatic carbocycles. The Labute approximate surface area is 106 Å². The third kappa shape index (κ3) is 1.87. The van der Waals surface area contributed by atoms with Crippen molar-refractivity contribution >= 4 is 11.0 Å². The molecule has 0 N–H and O–H groups in total. The van der Waals surface area contributed by atoms with E-state index >= 15 is 0 Å². The number of aromatic nitrogens is 2. The first-order valence-corrected chi connectivity index (χ1v) is 5.82. The van der Waals surface area contributed by atoms with Gasteiger partial charge in [0.2, 0.25) is 0 Å². The number of pyridine rings is 1. The van der Waals surface area contributed by atoms with Gasteiger partial charge in [0.15, 0.2) is 0 Å². The Morgan fingerprint density at radius 1 is 1.00 bits per heavy atom. The summed E-state index contributed by atoms with van der Waals surface area (Å²) in [6, 6.07) is 14.0. The van der Waals surface area contributed by atoms with Crippen LogP contribution >= 0.6 is 0 Å². The molecular formula is C16H12N2. The van der Waals surface area contributed by atoms with Crippen LogP contribution in [0.4, 0.5) is 0 Å². The third-order valence-corrected chi connectivity index (χ3v) is 2.85. The van der Waals surface area contributed by atoms with Crippen molar-refractivity contribution in [3.8, 4) is 11.8 Å². The summed E-state index contributed by atoms with van der Waals surface area (Å²) in [5.41, 5.74) is 3.01. The quantitative estimate of drug-likeness (QED) is 0.545. The molecule has 0 unspecified atom stereocenters. The van der Waals surface area contributed by atoms with E-state index in [-0.39, 0.29) is 0 Å². The molecule has 0 amide bonds. The second-order valence-corrected chi connectivity index (χ2v) is 4.14. The van der Waals surface area contributed by atoms with Crippen LogP contribution in [-0.4, -0.2) is 9.55 Å². The molecule has 1 aromatic carbocycles. The highest BCUT2D eigenvalue weighted by molar-refractivity contribution is 5.83. The van der Waals surface area contributed by atoms with Gasteiger partial charge in [-0.15, -0.1) is 0 Å². The second-order valence-electron chi connectivity index (χ2n) is 4.14. The maximum absolute atomic E-state index is 4.35. The van der Waals surface area contributed by atoms with E-state index in [4.69, 9.17) is 0 Å². The number of nitrogens with zero attached hydrogens (tertiary/aromatic N) is 2. The van der Waals surface area contributed by atoms with Crippen LogP contribution in [0.5, 0.6) is 0 Å². The van der Waals surface area contributed by atoms with E-state index in [2.05, 4.69) is 22.9 Å². The van der Waals surface area contributed by atoms with Crippen molar-refractivity contribution in [1.29, 1.82) is 0 Å². The molecule has 0 fully saturated rings. The first kappa shape index (κ1) is 10.6. The second kappa shape index (κ2) is 4.38. The maximum Gasteiger partial charge on any atom is 0.140 e. The van der Waals surface area contributed by atoms with Crippen LogP contribution in [0, 0.1) is 11.8 Å². The molecule has 0 aliphatic rings. The number of aryl methyl sites for hydroxylation is 1. The Hall–Kier alpha value is -2.53. The zero-order chi connectivity index (χ0) is 12.4.